The SMILES string of the molecule is CCC(C)n1ccc(CSc2nnnn2CC(=O)O)n1. The fourth-order valence-electron chi connectivity index (χ4n) is 1.55. The van der Waals surface area contributed by atoms with Gasteiger partial charge in [0.15, 0.2) is 0 Å². The Morgan fingerprint density at radius 1 is 1.55 bits per heavy atom. The van der Waals surface area contributed by atoms with Crippen LogP contribution in [0.4, 0.5) is 0 Å². The number of carboxylic acids is 1. The molecule has 0 spiro atoms. The van der Waals surface area contributed by atoms with Crippen LogP contribution in [0.5, 0.6) is 0 Å². The summed E-state index contributed by atoms with van der Waals surface area (Å²) in [5.41, 5.74) is 0.917. The summed E-state index contributed by atoms with van der Waals surface area (Å²) in [6.45, 7) is 3.98. The van der Waals surface area contributed by atoms with Gasteiger partial charge in [0.1, 0.15) is 6.54 Å². The highest BCUT2D eigenvalue weighted by molar-refractivity contribution is 7.98. The molecule has 1 atom stereocenters. The summed E-state index contributed by atoms with van der Waals surface area (Å²) >= 11 is 1.37. The zero-order valence-corrected chi connectivity index (χ0v) is 12.1. The highest BCUT2D eigenvalue weighted by Gasteiger charge is 2.11. The lowest BCUT2D eigenvalue weighted by molar-refractivity contribution is -0.138. The molecule has 108 valence electrons. The Labute approximate surface area is 120 Å². The third-order valence-corrected chi connectivity index (χ3v) is 3.83. The quantitative estimate of drug-likeness (QED) is 0.767. The van der Waals surface area contributed by atoms with E-state index in [0.717, 1.165) is 12.1 Å². The van der Waals surface area contributed by atoms with Gasteiger partial charge in [-0.05, 0) is 29.8 Å². The smallest absolute Gasteiger partial charge is 0.325 e. The summed E-state index contributed by atoms with van der Waals surface area (Å²) in [5, 5.41) is 24.6. The third-order valence-electron chi connectivity index (χ3n) is 2.84. The average molecular weight is 296 g/mol. The number of tetrazole rings is 1. The Bertz CT molecular complexity index is 581. The van der Waals surface area contributed by atoms with E-state index in [1.807, 2.05) is 16.9 Å². The van der Waals surface area contributed by atoms with Crippen LogP contribution in [0.3, 0.4) is 0 Å². The monoisotopic (exact) mass is 296 g/mol. The van der Waals surface area contributed by atoms with Crippen molar-refractivity contribution in [3.63, 3.8) is 0 Å². The molecule has 2 aromatic rings. The van der Waals surface area contributed by atoms with Crippen LogP contribution in [-0.4, -0.2) is 41.1 Å². The predicted octanol–water partition coefficient (Wildman–Crippen LogP) is 1.22. The van der Waals surface area contributed by atoms with E-state index in [1.165, 1.54) is 16.4 Å². The molecule has 0 radical (unpaired) electrons. The Morgan fingerprint density at radius 2 is 2.35 bits per heavy atom. The first-order chi connectivity index (χ1) is 9.60. The predicted molar refractivity (Wildman–Crippen MR) is 72.2 cm³/mol. The summed E-state index contributed by atoms with van der Waals surface area (Å²) in [7, 11) is 0. The molecule has 0 saturated carbocycles. The van der Waals surface area contributed by atoms with E-state index in [4.69, 9.17) is 5.11 Å². The van der Waals surface area contributed by atoms with Gasteiger partial charge in [-0.3, -0.25) is 9.48 Å². The zero-order chi connectivity index (χ0) is 14.5. The fraction of sp³-hybridized carbons (Fsp3) is 0.545. The summed E-state index contributed by atoms with van der Waals surface area (Å²) < 4.78 is 3.19. The van der Waals surface area contributed by atoms with Crippen molar-refractivity contribution in [3.8, 4) is 0 Å². The van der Waals surface area contributed by atoms with Crippen molar-refractivity contribution in [3.05, 3.63) is 18.0 Å². The molecule has 9 heteroatoms. The maximum atomic E-state index is 10.7. The zero-order valence-electron chi connectivity index (χ0n) is 11.3. The second-order valence-corrected chi connectivity index (χ2v) is 5.29. The standard InChI is InChI=1S/C11H16N6O2S/c1-3-8(2)16-5-4-9(13-16)7-20-11-12-14-15-17(11)6-10(18)19/h4-5,8H,3,6-7H2,1-2H3,(H,18,19). The molecule has 0 fully saturated rings. The van der Waals surface area contributed by atoms with Crippen molar-refractivity contribution >= 4 is 17.7 Å². The summed E-state index contributed by atoms with van der Waals surface area (Å²) in [4.78, 5) is 10.7. The van der Waals surface area contributed by atoms with Crippen LogP contribution in [-0.2, 0) is 17.1 Å². The Kier molecular flexibility index (Phi) is 4.72. The number of rotatable bonds is 7. The van der Waals surface area contributed by atoms with Crippen molar-refractivity contribution in [1.29, 1.82) is 0 Å². The van der Waals surface area contributed by atoms with Gasteiger partial charge in [0.2, 0.25) is 5.16 Å². The second-order valence-electron chi connectivity index (χ2n) is 4.35. The maximum Gasteiger partial charge on any atom is 0.325 e. The lowest BCUT2D eigenvalue weighted by atomic mass is 10.3. The number of carboxylic acid groups (broad SMARTS) is 1. The first-order valence-corrected chi connectivity index (χ1v) is 7.23. The molecule has 2 aromatic heterocycles. The van der Waals surface area contributed by atoms with Crippen molar-refractivity contribution in [2.45, 2.75) is 43.8 Å². The van der Waals surface area contributed by atoms with Gasteiger partial charge in [0.05, 0.1) is 5.69 Å². The maximum absolute atomic E-state index is 10.7. The molecular weight excluding hydrogens is 280 g/mol. The third kappa shape index (κ3) is 3.56. The molecule has 1 N–H and O–H groups in total. The molecule has 2 heterocycles. The van der Waals surface area contributed by atoms with Gasteiger partial charge >= 0.3 is 5.97 Å². The molecule has 1 unspecified atom stereocenters. The van der Waals surface area contributed by atoms with Crippen LogP contribution < -0.4 is 0 Å². The van der Waals surface area contributed by atoms with Gasteiger partial charge in [-0.2, -0.15) is 5.10 Å². The highest BCUT2D eigenvalue weighted by atomic mass is 32.2. The lowest BCUT2D eigenvalue weighted by Gasteiger charge is -2.07. The molecule has 0 aliphatic rings. The second kappa shape index (κ2) is 6.51. The van der Waals surface area contributed by atoms with Gasteiger partial charge in [-0.1, -0.05) is 18.7 Å². The number of aromatic nitrogens is 6. The van der Waals surface area contributed by atoms with E-state index in [-0.39, 0.29) is 6.54 Å². The van der Waals surface area contributed by atoms with Crippen LogP contribution >= 0.6 is 11.8 Å². The van der Waals surface area contributed by atoms with Crippen LogP contribution in [0, 0.1) is 0 Å². The van der Waals surface area contributed by atoms with Crippen molar-refractivity contribution < 1.29 is 9.90 Å². The van der Waals surface area contributed by atoms with Gasteiger partial charge in [-0.15, -0.1) is 5.10 Å². The normalized spacial score (nSPS) is 12.5. The topological polar surface area (TPSA) is 98.7 Å². The van der Waals surface area contributed by atoms with Crippen molar-refractivity contribution in [1.82, 2.24) is 30.0 Å². The lowest BCUT2D eigenvalue weighted by Crippen LogP contribution is -2.11. The van der Waals surface area contributed by atoms with Gasteiger partial charge in [-0.25, -0.2) is 4.68 Å². The van der Waals surface area contributed by atoms with E-state index in [2.05, 4.69) is 34.5 Å². The minimum absolute atomic E-state index is 0.239. The van der Waals surface area contributed by atoms with Crippen LogP contribution in [0.25, 0.3) is 0 Å². The molecule has 8 nitrogen and oxygen atoms in total. The van der Waals surface area contributed by atoms with E-state index < -0.39 is 5.97 Å². The molecule has 0 amide bonds. The van der Waals surface area contributed by atoms with Crippen LogP contribution in [0.15, 0.2) is 17.4 Å². The number of hydrogen-bond donors (Lipinski definition) is 1. The first kappa shape index (κ1) is 14.5. The van der Waals surface area contributed by atoms with E-state index in [1.54, 1.807) is 0 Å². The average Bonchev–Trinajstić information content (AvgIpc) is 3.04. The molecule has 0 aliphatic heterocycles. The number of thioether (sulfide) groups is 1. The van der Waals surface area contributed by atoms with Crippen molar-refractivity contribution in [2.75, 3.05) is 0 Å². The van der Waals surface area contributed by atoms with Crippen LogP contribution in [0.1, 0.15) is 32.0 Å². The molecule has 0 aliphatic carbocycles. The fourth-order valence-corrected chi connectivity index (χ4v) is 2.33. The summed E-state index contributed by atoms with van der Waals surface area (Å²) in [5.74, 6) is -0.371. The molecule has 0 saturated heterocycles. The number of carbonyl (C=O) groups is 1. The minimum Gasteiger partial charge on any atom is -0.480 e. The molecule has 20 heavy (non-hydrogen) atoms. The van der Waals surface area contributed by atoms with Gasteiger partial charge in [0, 0.05) is 18.0 Å². The summed E-state index contributed by atoms with van der Waals surface area (Å²) in [6, 6.07) is 2.32. The first-order valence-electron chi connectivity index (χ1n) is 6.25. The molecule has 0 bridgehead atoms. The molecule has 0 aromatic carbocycles. The molecular formula is C11H16N6O2S. The molecule has 2 rings (SSSR count). The van der Waals surface area contributed by atoms with Crippen molar-refractivity contribution in [2.24, 2.45) is 0 Å². The Hall–Kier alpha value is -1.90. The van der Waals surface area contributed by atoms with Gasteiger partial charge < -0.3 is 5.11 Å². The van der Waals surface area contributed by atoms with E-state index >= 15 is 0 Å². The van der Waals surface area contributed by atoms with E-state index in [9.17, 15) is 4.79 Å². The number of aliphatic carboxylic acids is 1. The minimum atomic E-state index is -0.972. The Morgan fingerprint density at radius 3 is 3.05 bits per heavy atom. The number of hydrogen-bond acceptors (Lipinski definition) is 6. The summed E-state index contributed by atoms with van der Waals surface area (Å²) in [6.07, 6.45) is 2.97. The highest BCUT2D eigenvalue weighted by Crippen LogP contribution is 2.19. The largest absolute Gasteiger partial charge is 0.480 e. The van der Waals surface area contributed by atoms with Crippen LogP contribution in [0.2, 0.25) is 0 Å². The Balaban J connectivity index is 1.97. The van der Waals surface area contributed by atoms with E-state index in [0.29, 0.717) is 17.0 Å². The number of nitrogens with zero attached hydrogens (tertiary/aromatic N) is 6. The van der Waals surface area contributed by atoms with Gasteiger partial charge in [0.25, 0.3) is 0 Å².